The number of carbonyl (C=O) groups excluding carboxylic acids is 1. The summed E-state index contributed by atoms with van der Waals surface area (Å²) in [6, 6.07) is 6.31. The van der Waals surface area contributed by atoms with Gasteiger partial charge in [0.25, 0.3) is 9.05 Å². The van der Waals surface area contributed by atoms with Gasteiger partial charge in [-0.15, -0.1) is 0 Å². The molecule has 0 radical (unpaired) electrons. The Kier molecular flexibility index (Phi) is 3.92. The Balaban J connectivity index is 2.08. The predicted molar refractivity (Wildman–Crippen MR) is 68.7 cm³/mol. The average molecular weight is 288 g/mol. The molecule has 0 aliphatic carbocycles. The Morgan fingerprint density at radius 1 is 1.17 bits per heavy atom. The second kappa shape index (κ2) is 5.28. The van der Waals surface area contributed by atoms with Crippen molar-refractivity contribution in [2.75, 3.05) is 6.54 Å². The van der Waals surface area contributed by atoms with Gasteiger partial charge < -0.3 is 4.90 Å². The second-order valence-electron chi connectivity index (χ2n) is 4.35. The minimum absolute atomic E-state index is 0.0814. The van der Waals surface area contributed by atoms with Gasteiger partial charge in [0.1, 0.15) is 0 Å². The summed E-state index contributed by atoms with van der Waals surface area (Å²) in [4.78, 5) is 13.5. The minimum atomic E-state index is -3.67. The quantitative estimate of drug-likeness (QED) is 0.800. The standard InChI is InChI=1S/C12H14ClNO3S/c13-18(16,17)11-6-4-10(5-7-11)9-14-8-2-1-3-12(14)15/h4-7H,1-3,8-9H2. The van der Waals surface area contributed by atoms with E-state index in [2.05, 4.69) is 0 Å². The van der Waals surface area contributed by atoms with Crippen LogP contribution >= 0.6 is 10.7 Å². The van der Waals surface area contributed by atoms with Gasteiger partial charge in [0.2, 0.25) is 5.91 Å². The lowest BCUT2D eigenvalue weighted by Gasteiger charge is -2.26. The highest BCUT2D eigenvalue weighted by Gasteiger charge is 2.18. The van der Waals surface area contributed by atoms with Crippen molar-refractivity contribution < 1.29 is 13.2 Å². The first kappa shape index (κ1) is 13.4. The van der Waals surface area contributed by atoms with E-state index in [4.69, 9.17) is 10.7 Å². The number of rotatable bonds is 3. The maximum absolute atomic E-state index is 11.6. The summed E-state index contributed by atoms with van der Waals surface area (Å²) in [6.07, 6.45) is 2.59. The van der Waals surface area contributed by atoms with Crippen LogP contribution in [0, 0.1) is 0 Å². The van der Waals surface area contributed by atoms with E-state index >= 15 is 0 Å². The number of amides is 1. The molecule has 0 bridgehead atoms. The summed E-state index contributed by atoms with van der Waals surface area (Å²) in [5, 5.41) is 0. The van der Waals surface area contributed by atoms with Crippen LogP contribution in [0.5, 0.6) is 0 Å². The first-order valence-electron chi connectivity index (χ1n) is 5.78. The number of hydrogen-bond donors (Lipinski definition) is 0. The highest BCUT2D eigenvalue weighted by atomic mass is 35.7. The van der Waals surface area contributed by atoms with Gasteiger partial charge in [-0.3, -0.25) is 4.79 Å². The molecule has 1 amide bonds. The molecule has 1 aromatic carbocycles. The number of likely N-dealkylation sites (tertiary alicyclic amines) is 1. The van der Waals surface area contributed by atoms with Gasteiger partial charge in [0, 0.05) is 30.2 Å². The number of carbonyl (C=O) groups is 1. The van der Waals surface area contributed by atoms with Crippen LogP contribution in [-0.4, -0.2) is 25.8 Å². The Bertz CT molecular complexity index is 539. The fourth-order valence-electron chi connectivity index (χ4n) is 2.01. The highest BCUT2D eigenvalue weighted by molar-refractivity contribution is 8.13. The average Bonchev–Trinajstić information content (AvgIpc) is 2.32. The molecule has 0 N–H and O–H groups in total. The zero-order valence-electron chi connectivity index (χ0n) is 9.80. The molecule has 1 heterocycles. The third-order valence-electron chi connectivity index (χ3n) is 3.00. The topological polar surface area (TPSA) is 54.5 Å². The van der Waals surface area contributed by atoms with E-state index < -0.39 is 9.05 Å². The zero-order valence-corrected chi connectivity index (χ0v) is 11.4. The van der Waals surface area contributed by atoms with Crippen LogP contribution in [0.4, 0.5) is 0 Å². The summed E-state index contributed by atoms with van der Waals surface area (Å²) in [5.41, 5.74) is 0.911. The normalized spacial score (nSPS) is 16.9. The lowest BCUT2D eigenvalue weighted by molar-refractivity contribution is -0.133. The van der Waals surface area contributed by atoms with Crippen LogP contribution in [0.1, 0.15) is 24.8 Å². The fraction of sp³-hybridized carbons (Fsp3) is 0.417. The molecule has 18 heavy (non-hydrogen) atoms. The van der Waals surface area contributed by atoms with Crippen LogP contribution in [0.15, 0.2) is 29.2 Å². The van der Waals surface area contributed by atoms with E-state index in [0.29, 0.717) is 13.0 Å². The number of halogens is 1. The predicted octanol–water partition coefficient (Wildman–Crippen LogP) is 2.13. The van der Waals surface area contributed by atoms with E-state index in [-0.39, 0.29) is 10.8 Å². The lowest BCUT2D eigenvalue weighted by Crippen LogP contribution is -2.34. The summed E-state index contributed by atoms with van der Waals surface area (Å²) in [5.74, 6) is 0.162. The molecular weight excluding hydrogens is 274 g/mol. The SMILES string of the molecule is O=C1CCCCN1Cc1ccc(S(=O)(=O)Cl)cc1. The number of piperidine rings is 1. The largest absolute Gasteiger partial charge is 0.338 e. The van der Waals surface area contributed by atoms with Crippen LogP contribution in [0.3, 0.4) is 0 Å². The smallest absolute Gasteiger partial charge is 0.261 e. The Hall–Kier alpha value is -1.07. The van der Waals surface area contributed by atoms with Crippen molar-refractivity contribution in [1.82, 2.24) is 4.90 Å². The third kappa shape index (κ3) is 3.23. The van der Waals surface area contributed by atoms with Gasteiger partial charge in [-0.05, 0) is 30.5 Å². The van der Waals surface area contributed by atoms with Crippen molar-refractivity contribution in [3.63, 3.8) is 0 Å². The first-order valence-corrected chi connectivity index (χ1v) is 8.09. The molecule has 0 spiro atoms. The van der Waals surface area contributed by atoms with Gasteiger partial charge in [-0.25, -0.2) is 8.42 Å². The summed E-state index contributed by atoms with van der Waals surface area (Å²) in [7, 11) is 1.56. The molecule has 1 aliphatic heterocycles. The number of nitrogens with zero attached hydrogens (tertiary/aromatic N) is 1. The number of benzene rings is 1. The molecular formula is C12H14ClNO3S. The zero-order chi connectivity index (χ0) is 13.2. The Labute approximate surface area is 111 Å². The van der Waals surface area contributed by atoms with E-state index in [9.17, 15) is 13.2 Å². The minimum Gasteiger partial charge on any atom is -0.338 e. The first-order chi connectivity index (χ1) is 8.47. The van der Waals surface area contributed by atoms with Crippen molar-refractivity contribution in [3.8, 4) is 0 Å². The molecule has 1 saturated heterocycles. The van der Waals surface area contributed by atoms with Crippen LogP contribution < -0.4 is 0 Å². The van der Waals surface area contributed by atoms with Crippen molar-refractivity contribution in [2.24, 2.45) is 0 Å². The van der Waals surface area contributed by atoms with Crippen LogP contribution in [-0.2, 0) is 20.4 Å². The van der Waals surface area contributed by atoms with E-state index in [1.165, 1.54) is 12.1 Å². The maximum atomic E-state index is 11.6. The summed E-state index contributed by atoms with van der Waals surface area (Å²) < 4.78 is 22.2. The fourth-order valence-corrected chi connectivity index (χ4v) is 2.78. The molecule has 0 atom stereocenters. The van der Waals surface area contributed by atoms with Crippen molar-refractivity contribution in [2.45, 2.75) is 30.7 Å². The van der Waals surface area contributed by atoms with E-state index in [1.54, 1.807) is 17.0 Å². The van der Waals surface area contributed by atoms with Gasteiger partial charge in [-0.1, -0.05) is 12.1 Å². The molecule has 0 saturated carbocycles. The summed E-state index contributed by atoms with van der Waals surface area (Å²) in [6.45, 7) is 1.30. The monoisotopic (exact) mass is 287 g/mol. The molecule has 4 nitrogen and oxygen atoms in total. The van der Waals surface area contributed by atoms with Crippen LogP contribution in [0.2, 0.25) is 0 Å². The molecule has 98 valence electrons. The molecule has 1 fully saturated rings. The van der Waals surface area contributed by atoms with Crippen molar-refractivity contribution >= 4 is 25.6 Å². The van der Waals surface area contributed by atoms with E-state index in [1.807, 2.05) is 0 Å². The molecule has 0 unspecified atom stereocenters. The Morgan fingerprint density at radius 2 is 1.83 bits per heavy atom. The van der Waals surface area contributed by atoms with E-state index in [0.717, 1.165) is 24.9 Å². The van der Waals surface area contributed by atoms with Crippen LogP contribution in [0.25, 0.3) is 0 Å². The molecule has 6 heteroatoms. The Morgan fingerprint density at radius 3 is 2.39 bits per heavy atom. The van der Waals surface area contributed by atoms with Gasteiger partial charge in [-0.2, -0.15) is 0 Å². The second-order valence-corrected chi connectivity index (χ2v) is 6.92. The van der Waals surface area contributed by atoms with Crippen molar-refractivity contribution in [3.05, 3.63) is 29.8 Å². The third-order valence-corrected chi connectivity index (χ3v) is 4.37. The van der Waals surface area contributed by atoms with Crippen molar-refractivity contribution in [1.29, 1.82) is 0 Å². The lowest BCUT2D eigenvalue weighted by atomic mass is 10.1. The number of hydrogen-bond acceptors (Lipinski definition) is 3. The molecule has 1 aliphatic rings. The molecule has 2 rings (SSSR count). The molecule has 0 aromatic heterocycles. The highest BCUT2D eigenvalue weighted by Crippen LogP contribution is 2.18. The van der Waals surface area contributed by atoms with Gasteiger partial charge in [0.05, 0.1) is 4.90 Å². The summed E-state index contributed by atoms with van der Waals surface area (Å²) >= 11 is 0. The van der Waals surface area contributed by atoms with Gasteiger partial charge >= 0.3 is 0 Å². The molecule has 1 aromatic rings. The maximum Gasteiger partial charge on any atom is 0.261 e. The van der Waals surface area contributed by atoms with Gasteiger partial charge in [0.15, 0.2) is 0 Å².